The van der Waals surface area contributed by atoms with Crippen molar-refractivity contribution in [2.45, 2.75) is 47.0 Å². The lowest BCUT2D eigenvalue weighted by Crippen LogP contribution is -2.20. The zero-order valence-corrected chi connectivity index (χ0v) is 8.68. The van der Waals surface area contributed by atoms with Crippen LogP contribution in [0.5, 0.6) is 0 Å². The van der Waals surface area contributed by atoms with E-state index in [-0.39, 0.29) is 5.41 Å². The third-order valence-electron chi connectivity index (χ3n) is 2.36. The summed E-state index contributed by atoms with van der Waals surface area (Å²) in [5.74, 6) is 0.294. The van der Waals surface area contributed by atoms with E-state index in [0.29, 0.717) is 5.78 Å². The second-order valence-corrected chi connectivity index (χ2v) is 3.90. The minimum atomic E-state index is -0.123. The molecule has 0 saturated heterocycles. The summed E-state index contributed by atoms with van der Waals surface area (Å²) in [6.45, 7) is 7.74. The molecule has 0 radical (unpaired) electrons. The molecule has 0 aromatic rings. The number of unbranched alkanes of at least 4 members (excludes halogenated alkanes) is 1. The Morgan fingerprint density at radius 1 is 1.42 bits per heavy atom. The van der Waals surface area contributed by atoms with Gasteiger partial charge < -0.3 is 0 Å². The van der Waals surface area contributed by atoms with Crippen molar-refractivity contribution in [2.24, 2.45) is 5.41 Å². The van der Waals surface area contributed by atoms with Crippen LogP contribution in [0, 0.1) is 5.41 Å². The number of carbonyl (C=O) groups is 1. The molecule has 0 aromatic carbocycles. The standard InChI is InChI=1S/C11H20O/c1-5-6-7-8-9-11(3,4)10(2)12/h5-6H,7-9H2,1-4H3. The summed E-state index contributed by atoms with van der Waals surface area (Å²) in [6, 6.07) is 0. The van der Waals surface area contributed by atoms with Gasteiger partial charge in [-0.25, -0.2) is 0 Å². The maximum atomic E-state index is 11.1. The first-order chi connectivity index (χ1) is 5.50. The maximum absolute atomic E-state index is 11.1. The molecule has 0 N–H and O–H groups in total. The predicted molar refractivity (Wildman–Crippen MR) is 53.1 cm³/mol. The van der Waals surface area contributed by atoms with E-state index in [9.17, 15) is 4.79 Å². The molecule has 0 atom stereocenters. The van der Waals surface area contributed by atoms with Crippen LogP contribution in [0.2, 0.25) is 0 Å². The monoisotopic (exact) mass is 168 g/mol. The van der Waals surface area contributed by atoms with Crippen LogP contribution in [0.25, 0.3) is 0 Å². The van der Waals surface area contributed by atoms with Gasteiger partial charge in [0.15, 0.2) is 0 Å². The summed E-state index contributed by atoms with van der Waals surface area (Å²) < 4.78 is 0. The maximum Gasteiger partial charge on any atom is 0.135 e. The molecule has 0 aliphatic heterocycles. The van der Waals surface area contributed by atoms with Gasteiger partial charge in [-0.2, -0.15) is 0 Å². The highest BCUT2D eigenvalue weighted by Crippen LogP contribution is 2.24. The summed E-state index contributed by atoms with van der Waals surface area (Å²) >= 11 is 0. The van der Waals surface area contributed by atoms with Gasteiger partial charge in [-0.1, -0.05) is 26.0 Å². The molecule has 0 aromatic heterocycles. The molecule has 0 bridgehead atoms. The van der Waals surface area contributed by atoms with Gasteiger partial charge >= 0.3 is 0 Å². The summed E-state index contributed by atoms with van der Waals surface area (Å²) in [5, 5.41) is 0. The molecule has 0 amide bonds. The molecule has 0 unspecified atom stereocenters. The highest BCUT2D eigenvalue weighted by molar-refractivity contribution is 5.81. The number of allylic oxidation sites excluding steroid dienone is 2. The summed E-state index contributed by atoms with van der Waals surface area (Å²) in [4.78, 5) is 11.1. The summed E-state index contributed by atoms with van der Waals surface area (Å²) in [7, 11) is 0. The van der Waals surface area contributed by atoms with Gasteiger partial charge in [0.1, 0.15) is 5.78 Å². The first-order valence-corrected chi connectivity index (χ1v) is 4.63. The average molecular weight is 168 g/mol. The molecular formula is C11H20O. The zero-order valence-electron chi connectivity index (χ0n) is 8.68. The smallest absolute Gasteiger partial charge is 0.135 e. The molecule has 0 heterocycles. The molecule has 0 saturated carbocycles. The molecule has 0 spiro atoms. The molecule has 0 rings (SSSR count). The predicted octanol–water partition coefficient (Wildman–Crippen LogP) is 3.35. The van der Waals surface area contributed by atoms with Crippen LogP contribution in [0.15, 0.2) is 12.2 Å². The average Bonchev–Trinajstić information content (AvgIpc) is 1.98. The Kier molecular flexibility index (Phi) is 4.87. The fraction of sp³-hybridized carbons (Fsp3) is 0.727. The lowest BCUT2D eigenvalue weighted by molar-refractivity contribution is -0.125. The van der Waals surface area contributed by atoms with E-state index in [1.165, 1.54) is 0 Å². The fourth-order valence-corrected chi connectivity index (χ4v) is 1.00. The van der Waals surface area contributed by atoms with Crippen molar-refractivity contribution >= 4 is 5.78 Å². The molecule has 1 heteroatoms. The van der Waals surface area contributed by atoms with Gasteiger partial charge in [0.05, 0.1) is 0 Å². The van der Waals surface area contributed by atoms with Crippen LogP contribution in [0.1, 0.15) is 47.0 Å². The van der Waals surface area contributed by atoms with Crippen molar-refractivity contribution in [3.8, 4) is 0 Å². The largest absolute Gasteiger partial charge is 0.299 e. The number of ketones is 1. The number of hydrogen-bond acceptors (Lipinski definition) is 1. The van der Waals surface area contributed by atoms with E-state index in [1.54, 1.807) is 6.92 Å². The van der Waals surface area contributed by atoms with Crippen molar-refractivity contribution in [3.05, 3.63) is 12.2 Å². The first-order valence-electron chi connectivity index (χ1n) is 4.63. The van der Waals surface area contributed by atoms with E-state index < -0.39 is 0 Å². The Morgan fingerprint density at radius 3 is 2.42 bits per heavy atom. The Hall–Kier alpha value is -0.590. The van der Waals surface area contributed by atoms with Gasteiger partial charge in [0.2, 0.25) is 0 Å². The van der Waals surface area contributed by atoms with Crippen LogP contribution >= 0.6 is 0 Å². The second kappa shape index (κ2) is 5.13. The lowest BCUT2D eigenvalue weighted by Gasteiger charge is -2.20. The van der Waals surface area contributed by atoms with E-state index in [1.807, 2.05) is 20.8 Å². The number of carbonyl (C=O) groups excluding carboxylic acids is 1. The summed E-state index contributed by atoms with van der Waals surface area (Å²) in [5.41, 5.74) is -0.123. The molecular weight excluding hydrogens is 148 g/mol. The fourth-order valence-electron chi connectivity index (χ4n) is 1.00. The van der Waals surface area contributed by atoms with Crippen LogP contribution in [0.3, 0.4) is 0 Å². The third-order valence-corrected chi connectivity index (χ3v) is 2.36. The van der Waals surface area contributed by atoms with Crippen molar-refractivity contribution in [1.29, 1.82) is 0 Å². The minimum absolute atomic E-state index is 0.123. The Bertz CT molecular complexity index is 166. The molecule has 1 nitrogen and oxygen atoms in total. The van der Waals surface area contributed by atoms with Crippen molar-refractivity contribution < 1.29 is 4.79 Å². The topological polar surface area (TPSA) is 17.1 Å². The van der Waals surface area contributed by atoms with E-state index in [2.05, 4.69) is 12.2 Å². The number of rotatable bonds is 5. The SMILES string of the molecule is CC=CCCCC(C)(C)C(C)=O. The van der Waals surface area contributed by atoms with E-state index in [0.717, 1.165) is 19.3 Å². The van der Waals surface area contributed by atoms with Crippen molar-refractivity contribution in [1.82, 2.24) is 0 Å². The Morgan fingerprint density at radius 2 is 2.00 bits per heavy atom. The van der Waals surface area contributed by atoms with Gasteiger partial charge in [-0.15, -0.1) is 0 Å². The highest BCUT2D eigenvalue weighted by atomic mass is 16.1. The molecule has 0 aliphatic carbocycles. The van der Waals surface area contributed by atoms with Gasteiger partial charge in [0.25, 0.3) is 0 Å². The molecule has 0 fully saturated rings. The third kappa shape index (κ3) is 4.32. The van der Waals surface area contributed by atoms with Crippen LogP contribution in [-0.2, 0) is 4.79 Å². The first kappa shape index (κ1) is 11.4. The van der Waals surface area contributed by atoms with Gasteiger partial charge in [-0.05, 0) is 33.1 Å². The molecule has 0 aliphatic rings. The van der Waals surface area contributed by atoms with Crippen molar-refractivity contribution in [3.63, 3.8) is 0 Å². The minimum Gasteiger partial charge on any atom is -0.299 e. The quantitative estimate of drug-likeness (QED) is 0.454. The van der Waals surface area contributed by atoms with Crippen LogP contribution in [0.4, 0.5) is 0 Å². The van der Waals surface area contributed by atoms with E-state index >= 15 is 0 Å². The highest BCUT2D eigenvalue weighted by Gasteiger charge is 2.22. The van der Waals surface area contributed by atoms with Crippen LogP contribution in [-0.4, -0.2) is 5.78 Å². The van der Waals surface area contributed by atoms with E-state index in [4.69, 9.17) is 0 Å². The Labute approximate surface area is 75.9 Å². The summed E-state index contributed by atoms with van der Waals surface area (Å²) in [6.07, 6.45) is 7.40. The Balaban J connectivity index is 3.69. The number of hydrogen-bond donors (Lipinski definition) is 0. The zero-order chi connectivity index (χ0) is 9.61. The van der Waals surface area contributed by atoms with Gasteiger partial charge in [0, 0.05) is 5.41 Å². The second-order valence-electron chi connectivity index (χ2n) is 3.90. The van der Waals surface area contributed by atoms with Crippen molar-refractivity contribution in [2.75, 3.05) is 0 Å². The normalized spacial score (nSPS) is 12.3. The molecule has 70 valence electrons. The lowest BCUT2D eigenvalue weighted by atomic mass is 9.83. The van der Waals surface area contributed by atoms with Crippen LogP contribution < -0.4 is 0 Å². The van der Waals surface area contributed by atoms with Gasteiger partial charge in [-0.3, -0.25) is 4.79 Å². The number of Topliss-reactive ketones (excluding diaryl/α,β-unsaturated/α-hetero) is 1. The molecule has 12 heavy (non-hydrogen) atoms.